The highest BCUT2D eigenvalue weighted by molar-refractivity contribution is 5.85. The second-order valence-corrected chi connectivity index (χ2v) is 3.92. The van der Waals surface area contributed by atoms with Gasteiger partial charge >= 0.3 is 6.36 Å². The first kappa shape index (κ1) is 18.8. The van der Waals surface area contributed by atoms with E-state index in [0.29, 0.717) is 18.4 Å². The SMILES string of the molecule is COc1cc(OC(F)(F)F)ccc1[C@@H](N)CCCO.Cl. The van der Waals surface area contributed by atoms with Gasteiger partial charge in [0.15, 0.2) is 0 Å². The summed E-state index contributed by atoms with van der Waals surface area (Å²) in [6.45, 7) is 0.00524. The van der Waals surface area contributed by atoms with Gasteiger partial charge in [0.1, 0.15) is 11.5 Å². The smallest absolute Gasteiger partial charge is 0.496 e. The van der Waals surface area contributed by atoms with Crippen LogP contribution in [0.4, 0.5) is 13.2 Å². The Morgan fingerprint density at radius 3 is 2.50 bits per heavy atom. The Kier molecular flexibility index (Phi) is 7.70. The summed E-state index contributed by atoms with van der Waals surface area (Å²) in [7, 11) is 1.34. The highest BCUT2D eigenvalue weighted by Crippen LogP contribution is 2.32. The summed E-state index contributed by atoms with van der Waals surface area (Å²) in [6, 6.07) is 3.34. The minimum absolute atomic E-state index is 0. The molecule has 0 aliphatic heterocycles. The van der Waals surface area contributed by atoms with Crippen LogP contribution in [-0.2, 0) is 0 Å². The van der Waals surface area contributed by atoms with Gasteiger partial charge in [-0.3, -0.25) is 0 Å². The molecule has 0 spiro atoms. The van der Waals surface area contributed by atoms with Crippen molar-refractivity contribution in [2.24, 2.45) is 5.73 Å². The second-order valence-electron chi connectivity index (χ2n) is 3.92. The fraction of sp³-hybridized carbons (Fsp3) is 0.500. The Balaban J connectivity index is 0.00000361. The van der Waals surface area contributed by atoms with Crippen molar-refractivity contribution in [3.05, 3.63) is 23.8 Å². The van der Waals surface area contributed by atoms with Crippen LogP contribution in [0, 0.1) is 0 Å². The van der Waals surface area contributed by atoms with Gasteiger partial charge in [-0.05, 0) is 18.9 Å². The summed E-state index contributed by atoms with van der Waals surface area (Å²) in [5.41, 5.74) is 6.46. The van der Waals surface area contributed by atoms with Crippen molar-refractivity contribution in [3.63, 3.8) is 0 Å². The Morgan fingerprint density at radius 2 is 2.00 bits per heavy atom. The van der Waals surface area contributed by atoms with Gasteiger partial charge in [0.25, 0.3) is 0 Å². The maximum atomic E-state index is 12.1. The van der Waals surface area contributed by atoms with E-state index < -0.39 is 12.4 Å². The molecule has 4 nitrogen and oxygen atoms in total. The van der Waals surface area contributed by atoms with Crippen LogP contribution in [0.25, 0.3) is 0 Å². The Bertz CT molecular complexity index is 415. The van der Waals surface area contributed by atoms with E-state index in [1.807, 2.05) is 0 Å². The van der Waals surface area contributed by atoms with E-state index in [0.717, 1.165) is 6.07 Å². The molecule has 0 aromatic heterocycles. The molecular weight excluding hydrogens is 299 g/mol. The van der Waals surface area contributed by atoms with Gasteiger partial charge in [-0.15, -0.1) is 25.6 Å². The van der Waals surface area contributed by atoms with E-state index >= 15 is 0 Å². The lowest BCUT2D eigenvalue weighted by atomic mass is 10.0. The standard InChI is InChI=1S/C12H16F3NO3.ClH/c1-18-11-7-8(19-12(13,14)15)4-5-9(11)10(16)3-2-6-17;/h4-5,7,10,17H,2-3,6,16H2,1H3;1H/t10-;/m0./s1. The van der Waals surface area contributed by atoms with Crippen LogP contribution >= 0.6 is 12.4 Å². The van der Waals surface area contributed by atoms with E-state index in [2.05, 4.69) is 4.74 Å². The zero-order chi connectivity index (χ0) is 14.5. The predicted octanol–water partition coefficient (Wildman–Crippen LogP) is 2.79. The lowest BCUT2D eigenvalue weighted by molar-refractivity contribution is -0.274. The van der Waals surface area contributed by atoms with Crippen molar-refractivity contribution in [1.82, 2.24) is 0 Å². The number of alkyl halides is 3. The zero-order valence-electron chi connectivity index (χ0n) is 10.8. The van der Waals surface area contributed by atoms with Crippen LogP contribution in [-0.4, -0.2) is 25.2 Å². The fourth-order valence-electron chi connectivity index (χ4n) is 1.66. The molecule has 0 saturated carbocycles. The average molecular weight is 316 g/mol. The summed E-state index contributed by atoms with van der Waals surface area (Å²) in [5.74, 6) is -0.130. The summed E-state index contributed by atoms with van der Waals surface area (Å²) in [5, 5.41) is 8.73. The topological polar surface area (TPSA) is 64.7 Å². The number of aliphatic hydroxyl groups excluding tert-OH is 1. The zero-order valence-corrected chi connectivity index (χ0v) is 11.6. The summed E-state index contributed by atoms with van der Waals surface area (Å²) < 4.78 is 45.1. The van der Waals surface area contributed by atoms with Crippen molar-refractivity contribution >= 4 is 12.4 Å². The number of benzene rings is 1. The average Bonchev–Trinajstić information content (AvgIpc) is 2.33. The quantitative estimate of drug-likeness (QED) is 0.847. The van der Waals surface area contributed by atoms with E-state index in [4.69, 9.17) is 15.6 Å². The highest BCUT2D eigenvalue weighted by Gasteiger charge is 2.31. The van der Waals surface area contributed by atoms with Gasteiger partial charge in [-0.1, -0.05) is 6.07 Å². The lowest BCUT2D eigenvalue weighted by Crippen LogP contribution is -2.17. The molecule has 0 bridgehead atoms. The third-order valence-corrected chi connectivity index (χ3v) is 2.51. The van der Waals surface area contributed by atoms with E-state index in [1.54, 1.807) is 0 Å². The molecule has 1 aromatic rings. The van der Waals surface area contributed by atoms with Gasteiger partial charge in [-0.25, -0.2) is 0 Å². The molecule has 20 heavy (non-hydrogen) atoms. The molecular formula is C12H17ClF3NO3. The van der Waals surface area contributed by atoms with Gasteiger partial charge in [0.2, 0.25) is 0 Å². The van der Waals surface area contributed by atoms with Crippen molar-refractivity contribution in [3.8, 4) is 11.5 Å². The van der Waals surface area contributed by atoms with E-state index in [1.165, 1.54) is 19.2 Å². The number of ether oxygens (including phenoxy) is 2. The molecule has 0 saturated heterocycles. The third kappa shape index (κ3) is 5.85. The molecule has 0 aliphatic rings. The maximum absolute atomic E-state index is 12.1. The van der Waals surface area contributed by atoms with Crippen molar-refractivity contribution in [2.45, 2.75) is 25.2 Å². The largest absolute Gasteiger partial charge is 0.573 e. The molecule has 0 aliphatic carbocycles. The minimum Gasteiger partial charge on any atom is -0.496 e. The molecule has 1 atom stereocenters. The van der Waals surface area contributed by atoms with Gasteiger partial charge in [0.05, 0.1) is 7.11 Å². The highest BCUT2D eigenvalue weighted by atomic mass is 35.5. The van der Waals surface area contributed by atoms with Crippen LogP contribution in [0.15, 0.2) is 18.2 Å². The number of hydrogen-bond acceptors (Lipinski definition) is 4. The first-order valence-electron chi connectivity index (χ1n) is 5.67. The normalized spacial score (nSPS) is 12.5. The van der Waals surface area contributed by atoms with Crippen molar-refractivity contribution in [1.29, 1.82) is 0 Å². The maximum Gasteiger partial charge on any atom is 0.573 e. The third-order valence-electron chi connectivity index (χ3n) is 2.51. The van der Waals surface area contributed by atoms with Crippen LogP contribution < -0.4 is 15.2 Å². The molecule has 0 amide bonds. The molecule has 0 unspecified atom stereocenters. The molecule has 0 heterocycles. The molecule has 0 radical (unpaired) electrons. The van der Waals surface area contributed by atoms with E-state index in [-0.39, 0.29) is 30.5 Å². The first-order chi connectivity index (χ1) is 8.87. The lowest BCUT2D eigenvalue weighted by Gasteiger charge is -2.17. The number of halogens is 4. The molecule has 1 rings (SSSR count). The van der Waals surface area contributed by atoms with Crippen molar-refractivity contribution < 1.29 is 27.8 Å². The van der Waals surface area contributed by atoms with E-state index in [9.17, 15) is 13.2 Å². The number of methoxy groups -OCH3 is 1. The van der Waals surface area contributed by atoms with Crippen LogP contribution in [0.1, 0.15) is 24.4 Å². The monoisotopic (exact) mass is 315 g/mol. The second kappa shape index (κ2) is 8.18. The number of nitrogens with two attached hydrogens (primary N) is 1. The van der Waals surface area contributed by atoms with Crippen LogP contribution in [0.3, 0.4) is 0 Å². The van der Waals surface area contributed by atoms with Crippen LogP contribution in [0.2, 0.25) is 0 Å². The number of hydrogen-bond donors (Lipinski definition) is 2. The first-order valence-corrected chi connectivity index (χ1v) is 5.67. The van der Waals surface area contributed by atoms with Crippen LogP contribution in [0.5, 0.6) is 11.5 Å². The van der Waals surface area contributed by atoms with Gasteiger partial charge in [0, 0.05) is 24.3 Å². The summed E-state index contributed by atoms with van der Waals surface area (Å²) in [4.78, 5) is 0. The Morgan fingerprint density at radius 1 is 1.35 bits per heavy atom. The van der Waals surface area contributed by atoms with Crippen molar-refractivity contribution in [2.75, 3.05) is 13.7 Å². The van der Waals surface area contributed by atoms with Gasteiger partial charge < -0.3 is 20.3 Å². The number of aliphatic hydroxyl groups is 1. The Labute approximate surface area is 121 Å². The molecule has 1 aromatic carbocycles. The Hall–Kier alpha value is -1.18. The molecule has 116 valence electrons. The minimum atomic E-state index is -4.74. The van der Waals surface area contributed by atoms with Gasteiger partial charge in [-0.2, -0.15) is 0 Å². The molecule has 0 fully saturated rings. The predicted molar refractivity (Wildman–Crippen MR) is 70.2 cm³/mol. The summed E-state index contributed by atoms with van der Waals surface area (Å²) in [6.07, 6.45) is -3.73. The number of rotatable bonds is 6. The molecule has 3 N–H and O–H groups in total. The molecule has 8 heteroatoms. The fourth-order valence-corrected chi connectivity index (χ4v) is 1.66. The summed E-state index contributed by atoms with van der Waals surface area (Å²) >= 11 is 0.